The van der Waals surface area contributed by atoms with Gasteiger partial charge in [-0.1, -0.05) is 158 Å². The number of halogens is 2. The first-order valence-electron chi connectivity index (χ1n) is 18.5. The average Bonchev–Trinajstić information content (AvgIpc) is 3.61. The fourth-order valence-electron chi connectivity index (χ4n) is 8.93. The van der Waals surface area contributed by atoms with Crippen LogP contribution in [0.5, 0.6) is 0 Å². The topological polar surface area (TPSA) is 0 Å². The lowest BCUT2D eigenvalue weighted by molar-refractivity contribution is 0.590. The summed E-state index contributed by atoms with van der Waals surface area (Å²) < 4.78 is 33.4. The zero-order chi connectivity index (χ0) is 36.6. The number of hydrogen-bond donors (Lipinski definition) is 0. The molecule has 3 heteroatoms. The molecule has 0 spiro atoms. The molecule has 0 radical (unpaired) electrons. The minimum atomic E-state index is -0.569. The fourth-order valence-corrected chi connectivity index (χ4v) is 10.1. The van der Waals surface area contributed by atoms with E-state index in [1.807, 2.05) is 47.7 Å². The van der Waals surface area contributed by atoms with Crippen molar-refractivity contribution in [2.75, 3.05) is 0 Å². The third-order valence-corrected chi connectivity index (χ3v) is 12.4. The number of fused-ring (bicyclic) bond motifs is 7. The third-order valence-electron chi connectivity index (χ3n) is 11.2. The second-order valence-corrected chi connectivity index (χ2v) is 15.2. The highest BCUT2D eigenvalue weighted by Gasteiger charge is 2.23. The van der Waals surface area contributed by atoms with E-state index in [-0.39, 0.29) is 5.56 Å². The second-order valence-electron chi connectivity index (χ2n) is 14.1. The molecular formula is C52H30F2S. The summed E-state index contributed by atoms with van der Waals surface area (Å²) in [5.41, 5.74) is 7.63. The Labute approximate surface area is 320 Å². The number of hydrogen-bond acceptors (Lipinski definition) is 1. The van der Waals surface area contributed by atoms with Gasteiger partial charge in [0.2, 0.25) is 0 Å². The van der Waals surface area contributed by atoms with Gasteiger partial charge in [0.05, 0.1) is 5.56 Å². The minimum absolute atomic E-state index is 0.00473. The van der Waals surface area contributed by atoms with Crippen LogP contribution in [0.15, 0.2) is 182 Å². The quantitative estimate of drug-likeness (QED) is 0.159. The molecule has 11 rings (SSSR count). The van der Waals surface area contributed by atoms with E-state index in [2.05, 4.69) is 127 Å². The molecule has 0 aliphatic heterocycles. The summed E-state index contributed by atoms with van der Waals surface area (Å²) in [7, 11) is 0. The first kappa shape index (κ1) is 31.8. The van der Waals surface area contributed by atoms with Crippen molar-refractivity contribution in [3.63, 3.8) is 0 Å². The van der Waals surface area contributed by atoms with Gasteiger partial charge in [-0.15, -0.1) is 11.3 Å². The van der Waals surface area contributed by atoms with Gasteiger partial charge in [-0.3, -0.25) is 0 Å². The van der Waals surface area contributed by atoms with Crippen molar-refractivity contribution in [1.82, 2.24) is 0 Å². The maximum Gasteiger partial charge on any atom is 0.134 e. The molecule has 0 aliphatic rings. The standard InChI is InChI=1S/C52H30F2S/c53-44-26-13-27-45(54)51(44)50-39-22-10-6-18-35(39)48(36-19-7-11-23-40(36)50)32-28-29-46-43(30-32)41-24-12-25-42(52(41)55-46)49-37-20-8-4-16-33(37)47(31-14-2-1-3-15-31)34-17-5-9-21-38(34)49/h1-30H. The molecule has 0 saturated heterocycles. The van der Waals surface area contributed by atoms with Crippen LogP contribution in [0.25, 0.3) is 108 Å². The Morgan fingerprint density at radius 2 is 0.727 bits per heavy atom. The Kier molecular flexibility index (Phi) is 7.20. The van der Waals surface area contributed by atoms with Gasteiger partial charge in [0, 0.05) is 31.3 Å². The van der Waals surface area contributed by atoms with E-state index in [0.29, 0.717) is 5.56 Å². The van der Waals surface area contributed by atoms with Gasteiger partial charge >= 0.3 is 0 Å². The minimum Gasteiger partial charge on any atom is -0.206 e. The van der Waals surface area contributed by atoms with Crippen LogP contribution in [0, 0.1) is 11.6 Å². The fraction of sp³-hybridized carbons (Fsp3) is 0. The maximum atomic E-state index is 15.5. The molecule has 1 heterocycles. The van der Waals surface area contributed by atoms with Crippen LogP contribution in [0.4, 0.5) is 8.78 Å². The summed E-state index contributed by atoms with van der Waals surface area (Å²) in [6, 6.07) is 61.9. The second kappa shape index (κ2) is 12.4. The van der Waals surface area contributed by atoms with Crippen LogP contribution >= 0.6 is 11.3 Å². The molecule has 55 heavy (non-hydrogen) atoms. The SMILES string of the molecule is Fc1cccc(F)c1-c1c2ccccc2c(-c2ccc3sc4c(-c5c6ccccc6c(-c6ccccc6)c6ccccc56)cccc4c3c2)c2ccccc12. The van der Waals surface area contributed by atoms with E-state index < -0.39 is 11.6 Å². The Balaban J connectivity index is 1.18. The molecule has 0 saturated carbocycles. The average molecular weight is 725 g/mol. The monoisotopic (exact) mass is 724 g/mol. The van der Waals surface area contributed by atoms with E-state index in [4.69, 9.17) is 0 Å². The lowest BCUT2D eigenvalue weighted by Gasteiger charge is -2.18. The maximum absolute atomic E-state index is 15.5. The predicted molar refractivity (Wildman–Crippen MR) is 231 cm³/mol. The largest absolute Gasteiger partial charge is 0.206 e. The van der Waals surface area contributed by atoms with Crippen molar-refractivity contribution < 1.29 is 8.78 Å². The van der Waals surface area contributed by atoms with E-state index in [0.717, 1.165) is 32.7 Å². The zero-order valence-electron chi connectivity index (χ0n) is 29.5. The van der Waals surface area contributed by atoms with Gasteiger partial charge in [0.1, 0.15) is 11.6 Å². The normalized spacial score (nSPS) is 11.8. The molecular weight excluding hydrogens is 695 g/mol. The van der Waals surface area contributed by atoms with E-state index in [1.165, 1.54) is 82.2 Å². The molecule has 258 valence electrons. The first-order chi connectivity index (χ1) is 27.2. The molecule has 0 bridgehead atoms. The van der Waals surface area contributed by atoms with Crippen LogP contribution < -0.4 is 0 Å². The lowest BCUT2D eigenvalue weighted by atomic mass is 9.85. The molecule has 0 N–H and O–H groups in total. The smallest absolute Gasteiger partial charge is 0.134 e. The summed E-state index contributed by atoms with van der Waals surface area (Å²) in [5.74, 6) is -1.14. The summed E-state index contributed by atoms with van der Waals surface area (Å²) in [6.45, 7) is 0. The predicted octanol–water partition coefficient (Wildman–Crippen LogP) is 15.6. The van der Waals surface area contributed by atoms with Gasteiger partial charge in [0.25, 0.3) is 0 Å². The summed E-state index contributed by atoms with van der Waals surface area (Å²) in [6.07, 6.45) is 0. The van der Waals surface area contributed by atoms with Crippen LogP contribution in [-0.2, 0) is 0 Å². The van der Waals surface area contributed by atoms with Crippen molar-refractivity contribution in [2.24, 2.45) is 0 Å². The van der Waals surface area contributed by atoms with E-state index in [9.17, 15) is 0 Å². The molecule has 0 amide bonds. The van der Waals surface area contributed by atoms with Crippen LogP contribution in [0.2, 0.25) is 0 Å². The highest BCUT2D eigenvalue weighted by molar-refractivity contribution is 7.26. The molecule has 0 unspecified atom stereocenters. The van der Waals surface area contributed by atoms with Crippen molar-refractivity contribution in [3.05, 3.63) is 194 Å². The molecule has 0 aliphatic carbocycles. The summed E-state index contributed by atoms with van der Waals surface area (Å²) in [5, 5.41) is 10.9. The highest BCUT2D eigenvalue weighted by Crippen LogP contribution is 2.50. The number of thiophene rings is 1. The van der Waals surface area contributed by atoms with Crippen molar-refractivity contribution in [3.8, 4) is 44.5 Å². The van der Waals surface area contributed by atoms with Gasteiger partial charge in [-0.05, 0) is 95.2 Å². The third kappa shape index (κ3) is 4.80. The lowest BCUT2D eigenvalue weighted by Crippen LogP contribution is -1.95. The van der Waals surface area contributed by atoms with Crippen molar-refractivity contribution >= 4 is 74.6 Å². The van der Waals surface area contributed by atoms with E-state index >= 15 is 8.78 Å². The Bertz CT molecular complexity index is 3210. The van der Waals surface area contributed by atoms with Crippen LogP contribution in [-0.4, -0.2) is 0 Å². The Morgan fingerprint density at radius 1 is 0.291 bits per heavy atom. The van der Waals surface area contributed by atoms with Gasteiger partial charge < -0.3 is 0 Å². The molecule has 1 aromatic heterocycles. The molecule has 10 aromatic carbocycles. The van der Waals surface area contributed by atoms with Crippen LogP contribution in [0.3, 0.4) is 0 Å². The molecule has 0 atom stereocenters. The van der Waals surface area contributed by atoms with Gasteiger partial charge in [-0.25, -0.2) is 8.78 Å². The van der Waals surface area contributed by atoms with Gasteiger partial charge in [0.15, 0.2) is 0 Å². The molecule has 11 aromatic rings. The zero-order valence-corrected chi connectivity index (χ0v) is 30.3. The van der Waals surface area contributed by atoms with E-state index in [1.54, 1.807) is 0 Å². The van der Waals surface area contributed by atoms with Crippen molar-refractivity contribution in [1.29, 1.82) is 0 Å². The Hall–Kier alpha value is -6.68. The summed E-state index contributed by atoms with van der Waals surface area (Å²) >= 11 is 1.83. The molecule has 0 fully saturated rings. The number of benzene rings is 10. The van der Waals surface area contributed by atoms with Gasteiger partial charge in [-0.2, -0.15) is 0 Å². The molecule has 0 nitrogen and oxygen atoms in total. The Morgan fingerprint density at radius 3 is 1.27 bits per heavy atom. The summed E-state index contributed by atoms with van der Waals surface area (Å²) in [4.78, 5) is 0. The highest BCUT2D eigenvalue weighted by atomic mass is 32.1. The van der Waals surface area contributed by atoms with Crippen LogP contribution in [0.1, 0.15) is 0 Å². The number of rotatable bonds is 4. The first-order valence-corrected chi connectivity index (χ1v) is 19.3. The van der Waals surface area contributed by atoms with Crippen molar-refractivity contribution in [2.45, 2.75) is 0 Å².